The maximum Gasteiger partial charge on any atom is 0.314 e. The Hall–Kier alpha value is -1.09. The SMILES string of the molecule is O=C(Cl)NCc1cccnc1. The number of nitrogens with one attached hydrogen (secondary N) is 1. The summed E-state index contributed by atoms with van der Waals surface area (Å²) >= 11 is 5.06. The van der Waals surface area contributed by atoms with Crippen LogP contribution in [0.4, 0.5) is 4.79 Å². The maximum atomic E-state index is 10.3. The van der Waals surface area contributed by atoms with Gasteiger partial charge in [-0.05, 0) is 23.2 Å². The minimum absolute atomic E-state index is 0.427. The summed E-state index contributed by atoms with van der Waals surface area (Å²) in [7, 11) is 0. The first-order valence-corrected chi connectivity index (χ1v) is 3.49. The van der Waals surface area contributed by atoms with E-state index in [9.17, 15) is 4.79 Å². The highest BCUT2D eigenvalue weighted by atomic mass is 35.5. The Labute approximate surface area is 69.4 Å². The minimum atomic E-state index is -0.547. The third-order valence-electron chi connectivity index (χ3n) is 1.15. The van der Waals surface area contributed by atoms with E-state index in [0.29, 0.717) is 6.54 Å². The van der Waals surface area contributed by atoms with Gasteiger partial charge >= 0.3 is 5.37 Å². The molecule has 0 radical (unpaired) electrons. The lowest BCUT2D eigenvalue weighted by Crippen LogP contribution is -2.15. The number of aromatic nitrogens is 1. The highest BCUT2D eigenvalue weighted by molar-refractivity contribution is 6.62. The van der Waals surface area contributed by atoms with Gasteiger partial charge in [0.25, 0.3) is 0 Å². The van der Waals surface area contributed by atoms with Crippen molar-refractivity contribution in [3.63, 3.8) is 0 Å². The summed E-state index contributed by atoms with van der Waals surface area (Å²) in [6.07, 6.45) is 3.35. The first-order valence-electron chi connectivity index (χ1n) is 3.11. The molecule has 0 saturated heterocycles. The lowest BCUT2D eigenvalue weighted by molar-refractivity contribution is 0.259. The van der Waals surface area contributed by atoms with Crippen LogP contribution in [0.15, 0.2) is 24.5 Å². The standard InChI is InChI=1S/C7H7ClN2O/c8-7(11)10-5-6-2-1-3-9-4-6/h1-4H,5H2,(H,10,11). The molecule has 1 heterocycles. The minimum Gasteiger partial charge on any atom is -0.338 e. The summed E-state index contributed by atoms with van der Waals surface area (Å²) in [5, 5.41) is 1.90. The average Bonchev–Trinajstić information content (AvgIpc) is 2.03. The van der Waals surface area contributed by atoms with E-state index in [1.807, 2.05) is 6.07 Å². The zero-order chi connectivity index (χ0) is 8.10. The molecule has 0 unspecified atom stereocenters. The molecule has 3 nitrogen and oxygen atoms in total. The van der Waals surface area contributed by atoms with Gasteiger partial charge in [0.15, 0.2) is 0 Å². The summed E-state index contributed by atoms with van der Waals surface area (Å²) in [4.78, 5) is 14.1. The Bertz CT molecular complexity index is 237. The molecule has 0 aliphatic rings. The molecule has 0 fully saturated rings. The quantitative estimate of drug-likeness (QED) is 0.540. The number of carbonyl (C=O) groups excluding carboxylic acids is 1. The van der Waals surface area contributed by atoms with Crippen LogP contribution in [0.3, 0.4) is 0 Å². The second kappa shape index (κ2) is 3.93. The van der Waals surface area contributed by atoms with E-state index in [4.69, 9.17) is 11.6 Å². The molecular formula is C7H7ClN2O. The maximum absolute atomic E-state index is 10.3. The molecule has 1 amide bonds. The number of halogens is 1. The van der Waals surface area contributed by atoms with Crippen LogP contribution in [0.5, 0.6) is 0 Å². The van der Waals surface area contributed by atoms with Crippen LogP contribution in [0.25, 0.3) is 0 Å². The first kappa shape index (κ1) is 8.01. The molecule has 1 aromatic heterocycles. The van der Waals surface area contributed by atoms with E-state index in [-0.39, 0.29) is 0 Å². The first-order chi connectivity index (χ1) is 5.29. The van der Waals surface area contributed by atoms with Crippen molar-refractivity contribution >= 4 is 17.0 Å². The van der Waals surface area contributed by atoms with E-state index in [1.165, 1.54) is 0 Å². The van der Waals surface area contributed by atoms with Crippen LogP contribution in [0.1, 0.15) is 5.56 Å². The highest BCUT2D eigenvalue weighted by Gasteiger charge is 1.93. The van der Waals surface area contributed by atoms with Crippen molar-refractivity contribution in [2.24, 2.45) is 0 Å². The van der Waals surface area contributed by atoms with Gasteiger partial charge in [0.2, 0.25) is 0 Å². The average molecular weight is 171 g/mol. The molecule has 0 spiro atoms. The van der Waals surface area contributed by atoms with Crippen molar-refractivity contribution in [3.05, 3.63) is 30.1 Å². The molecular weight excluding hydrogens is 164 g/mol. The Morgan fingerprint density at radius 2 is 2.55 bits per heavy atom. The van der Waals surface area contributed by atoms with Crippen LogP contribution in [0, 0.1) is 0 Å². The van der Waals surface area contributed by atoms with Crippen LogP contribution < -0.4 is 5.32 Å². The van der Waals surface area contributed by atoms with Crippen molar-refractivity contribution < 1.29 is 4.79 Å². The van der Waals surface area contributed by atoms with Gasteiger partial charge in [-0.25, -0.2) is 0 Å². The lowest BCUT2D eigenvalue weighted by Gasteiger charge is -1.98. The topological polar surface area (TPSA) is 42.0 Å². The van der Waals surface area contributed by atoms with E-state index >= 15 is 0 Å². The monoisotopic (exact) mass is 170 g/mol. The zero-order valence-corrected chi connectivity index (χ0v) is 6.51. The smallest absolute Gasteiger partial charge is 0.314 e. The molecule has 1 rings (SSSR count). The number of hydrogen-bond acceptors (Lipinski definition) is 2. The summed E-state index contributed by atoms with van der Waals surface area (Å²) in [6.45, 7) is 0.427. The van der Waals surface area contributed by atoms with E-state index < -0.39 is 5.37 Å². The summed E-state index contributed by atoms with van der Waals surface area (Å²) in [5.41, 5.74) is 0.932. The predicted molar refractivity (Wildman–Crippen MR) is 42.3 cm³/mol. The molecule has 0 aliphatic carbocycles. The molecule has 1 aromatic rings. The number of pyridine rings is 1. The van der Waals surface area contributed by atoms with Gasteiger partial charge in [-0.3, -0.25) is 9.78 Å². The number of nitrogens with zero attached hydrogens (tertiary/aromatic N) is 1. The predicted octanol–water partition coefficient (Wildman–Crippen LogP) is 1.53. The number of rotatable bonds is 2. The fourth-order valence-electron chi connectivity index (χ4n) is 0.674. The Morgan fingerprint density at radius 1 is 1.73 bits per heavy atom. The van der Waals surface area contributed by atoms with Crippen molar-refractivity contribution in [1.82, 2.24) is 10.3 Å². The Morgan fingerprint density at radius 3 is 3.09 bits per heavy atom. The largest absolute Gasteiger partial charge is 0.338 e. The van der Waals surface area contributed by atoms with Crippen LogP contribution in [0.2, 0.25) is 0 Å². The van der Waals surface area contributed by atoms with Crippen molar-refractivity contribution in [2.45, 2.75) is 6.54 Å². The molecule has 0 saturated carbocycles. The fourth-order valence-corrected chi connectivity index (χ4v) is 0.741. The van der Waals surface area contributed by atoms with E-state index in [0.717, 1.165) is 5.56 Å². The van der Waals surface area contributed by atoms with Gasteiger partial charge in [-0.15, -0.1) is 0 Å². The molecule has 11 heavy (non-hydrogen) atoms. The van der Waals surface area contributed by atoms with Gasteiger partial charge in [-0.1, -0.05) is 6.07 Å². The van der Waals surface area contributed by atoms with Gasteiger partial charge in [0.05, 0.1) is 0 Å². The molecule has 0 atom stereocenters. The lowest BCUT2D eigenvalue weighted by atomic mass is 10.3. The van der Waals surface area contributed by atoms with Crippen molar-refractivity contribution in [3.8, 4) is 0 Å². The van der Waals surface area contributed by atoms with Crippen LogP contribution >= 0.6 is 11.6 Å². The van der Waals surface area contributed by atoms with Gasteiger partial charge in [0, 0.05) is 18.9 Å². The number of amides is 1. The second-order valence-corrected chi connectivity index (χ2v) is 2.33. The molecule has 0 aliphatic heterocycles. The number of hydrogen-bond donors (Lipinski definition) is 1. The molecule has 0 bridgehead atoms. The zero-order valence-electron chi connectivity index (χ0n) is 5.75. The van der Waals surface area contributed by atoms with E-state index in [2.05, 4.69) is 10.3 Å². The molecule has 58 valence electrons. The Kier molecular flexibility index (Phi) is 2.86. The number of carbonyl (C=O) groups is 1. The molecule has 0 aromatic carbocycles. The van der Waals surface area contributed by atoms with E-state index in [1.54, 1.807) is 18.5 Å². The second-order valence-electron chi connectivity index (χ2n) is 1.99. The van der Waals surface area contributed by atoms with Gasteiger partial charge in [-0.2, -0.15) is 0 Å². The summed E-state index contributed by atoms with van der Waals surface area (Å²) in [6, 6.07) is 3.66. The van der Waals surface area contributed by atoms with Crippen molar-refractivity contribution in [2.75, 3.05) is 0 Å². The third kappa shape index (κ3) is 3.00. The third-order valence-corrected chi connectivity index (χ3v) is 1.29. The summed E-state index contributed by atoms with van der Waals surface area (Å²) < 4.78 is 0. The Balaban J connectivity index is 2.45. The van der Waals surface area contributed by atoms with Gasteiger partial charge in [0.1, 0.15) is 0 Å². The molecule has 1 N–H and O–H groups in total. The van der Waals surface area contributed by atoms with Crippen LogP contribution in [-0.4, -0.2) is 10.4 Å². The highest BCUT2D eigenvalue weighted by Crippen LogP contribution is 1.94. The normalized spacial score (nSPS) is 9.18. The van der Waals surface area contributed by atoms with Crippen LogP contribution in [-0.2, 0) is 6.54 Å². The van der Waals surface area contributed by atoms with Gasteiger partial charge < -0.3 is 5.32 Å². The summed E-state index contributed by atoms with van der Waals surface area (Å²) in [5.74, 6) is 0. The fraction of sp³-hybridized carbons (Fsp3) is 0.143. The van der Waals surface area contributed by atoms with Crippen molar-refractivity contribution in [1.29, 1.82) is 0 Å². The molecule has 4 heteroatoms.